The van der Waals surface area contributed by atoms with Crippen LogP contribution in [0.25, 0.3) is 0 Å². The number of ether oxygens (including phenoxy) is 1. The molecule has 1 unspecified atom stereocenters. The summed E-state index contributed by atoms with van der Waals surface area (Å²) in [5.74, 6) is 1.28. The fourth-order valence-corrected chi connectivity index (χ4v) is 2.97. The van der Waals surface area contributed by atoms with Gasteiger partial charge in [0.05, 0.1) is 5.56 Å². The van der Waals surface area contributed by atoms with Crippen molar-refractivity contribution in [1.82, 2.24) is 14.5 Å². The Bertz CT molecular complexity index is 863. The third-order valence-electron chi connectivity index (χ3n) is 4.67. The summed E-state index contributed by atoms with van der Waals surface area (Å²) < 4.78 is 6.65. The molecular formula is C20H30N4O4. The maximum atomic E-state index is 12.2. The van der Waals surface area contributed by atoms with Gasteiger partial charge in [-0.15, -0.1) is 0 Å². The van der Waals surface area contributed by atoms with Crippen molar-refractivity contribution in [2.45, 2.75) is 20.0 Å². The van der Waals surface area contributed by atoms with E-state index >= 15 is 0 Å². The minimum absolute atomic E-state index is 0.215. The molecule has 8 heteroatoms. The van der Waals surface area contributed by atoms with Gasteiger partial charge in [0, 0.05) is 33.2 Å². The van der Waals surface area contributed by atoms with Crippen molar-refractivity contribution in [3.8, 4) is 5.75 Å². The van der Waals surface area contributed by atoms with Crippen LogP contribution in [0.3, 0.4) is 0 Å². The molecule has 8 nitrogen and oxygen atoms in total. The molecule has 0 saturated heterocycles. The van der Waals surface area contributed by atoms with Crippen molar-refractivity contribution in [3.63, 3.8) is 0 Å². The van der Waals surface area contributed by atoms with Gasteiger partial charge in [0.15, 0.2) is 0 Å². The maximum Gasteiger partial charge on any atom is 0.329 e. The van der Waals surface area contributed by atoms with Crippen LogP contribution in [-0.2, 0) is 7.05 Å². The number of nitrogens with one attached hydrogen (secondary N) is 1. The standard InChI is InChI=1S/C20H30N4O4/c1-5-24(18-15(2)19(26)23(4)20(27)21-18)12-11-22(3)13-16(25)14-28-17-9-7-6-8-10-17/h6-10,16,25H,5,11-14H2,1-4H3,(H,21,27). The number of para-hydroxylation sites is 1. The first-order valence-electron chi connectivity index (χ1n) is 9.42. The number of anilines is 1. The monoisotopic (exact) mass is 390 g/mol. The third kappa shape index (κ3) is 5.71. The summed E-state index contributed by atoms with van der Waals surface area (Å²) in [4.78, 5) is 30.8. The molecule has 1 aromatic carbocycles. The second kappa shape index (κ2) is 10.1. The first kappa shape index (κ1) is 21.7. The van der Waals surface area contributed by atoms with E-state index in [2.05, 4.69) is 4.98 Å². The Morgan fingerprint density at radius 2 is 1.89 bits per heavy atom. The summed E-state index contributed by atoms with van der Waals surface area (Å²) >= 11 is 0. The van der Waals surface area contributed by atoms with E-state index in [-0.39, 0.29) is 12.2 Å². The molecule has 0 radical (unpaired) electrons. The lowest BCUT2D eigenvalue weighted by atomic mass is 10.3. The number of benzene rings is 1. The van der Waals surface area contributed by atoms with Gasteiger partial charge in [-0.1, -0.05) is 18.2 Å². The molecule has 1 atom stereocenters. The van der Waals surface area contributed by atoms with Crippen LogP contribution in [0.2, 0.25) is 0 Å². The Labute approximate surface area is 165 Å². The van der Waals surface area contributed by atoms with Gasteiger partial charge in [-0.25, -0.2) is 4.79 Å². The largest absolute Gasteiger partial charge is 0.491 e. The summed E-state index contributed by atoms with van der Waals surface area (Å²) in [6.07, 6.45) is -0.620. The molecule has 0 fully saturated rings. The number of likely N-dealkylation sites (N-methyl/N-ethyl adjacent to an activating group) is 2. The lowest BCUT2D eigenvalue weighted by molar-refractivity contribution is 0.0771. The van der Waals surface area contributed by atoms with Crippen molar-refractivity contribution in [1.29, 1.82) is 0 Å². The van der Waals surface area contributed by atoms with Crippen molar-refractivity contribution in [2.24, 2.45) is 7.05 Å². The highest BCUT2D eigenvalue weighted by Crippen LogP contribution is 2.11. The molecule has 1 heterocycles. The first-order valence-corrected chi connectivity index (χ1v) is 9.42. The zero-order chi connectivity index (χ0) is 20.7. The molecule has 0 amide bonds. The SMILES string of the molecule is CCN(CCN(C)CC(O)COc1ccccc1)c1[nH]c(=O)n(C)c(=O)c1C. The Hall–Kier alpha value is -2.58. The highest BCUT2D eigenvalue weighted by atomic mass is 16.5. The van der Waals surface area contributed by atoms with Crippen LogP contribution in [0.15, 0.2) is 39.9 Å². The van der Waals surface area contributed by atoms with Crippen molar-refractivity contribution in [2.75, 3.05) is 44.7 Å². The summed E-state index contributed by atoms with van der Waals surface area (Å²) in [5, 5.41) is 10.2. The minimum Gasteiger partial charge on any atom is -0.491 e. The van der Waals surface area contributed by atoms with E-state index in [9.17, 15) is 14.7 Å². The fraction of sp³-hybridized carbons (Fsp3) is 0.500. The Balaban J connectivity index is 1.89. The quantitative estimate of drug-likeness (QED) is 0.617. The van der Waals surface area contributed by atoms with Crippen LogP contribution in [0.1, 0.15) is 12.5 Å². The number of nitrogens with zero attached hydrogens (tertiary/aromatic N) is 3. The molecule has 0 aliphatic carbocycles. The number of aromatic nitrogens is 2. The van der Waals surface area contributed by atoms with Gasteiger partial charge in [-0.2, -0.15) is 0 Å². The van der Waals surface area contributed by atoms with Crippen molar-refractivity contribution in [3.05, 3.63) is 56.7 Å². The number of aliphatic hydroxyl groups excluding tert-OH is 1. The topological polar surface area (TPSA) is 90.8 Å². The van der Waals surface area contributed by atoms with E-state index < -0.39 is 11.8 Å². The summed E-state index contributed by atoms with van der Waals surface area (Å²) in [6.45, 7) is 6.28. The maximum absolute atomic E-state index is 12.2. The Kier molecular flexibility index (Phi) is 7.83. The summed E-state index contributed by atoms with van der Waals surface area (Å²) in [5.41, 5.74) is -0.201. The van der Waals surface area contributed by atoms with Gasteiger partial charge in [-0.3, -0.25) is 14.3 Å². The average Bonchev–Trinajstić information content (AvgIpc) is 2.69. The van der Waals surface area contributed by atoms with Gasteiger partial charge in [-0.05, 0) is 33.0 Å². The van der Waals surface area contributed by atoms with Gasteiger partial charge in [0.2, 0.25) is 0 Å². The number of rotatable bonds is 10. The second-order valence-corrected chi connectivity index (χ2v) is 6.89. The van der Waals surface area contributed by atoms with Crippen LogP contribution in [0, 0.1) is 6.92 Å². The highest BCUT2D eigenvalue weighted by molar-refractivity contribution is 5.44. The minimum atomic E-state index is -0.620. The molecule has 0 aliphatic rings. The number of aromatic amines is 1. The number of hydrogen-bond donors (Lipinski definition) is 2. The molecule has 0 saturated carbocycles. The van der Waals surface area contributed by atoms with E-state index in [1.54, 1.807) is 6.92 Å². The predicted octanol–water partition coefficient (Wildman–Crippen LogP) is 0.580. The predicted molar refractivity (Wildman–Crippen MR) is 110 cm³/mol. The van der Waals surface area contributed by atoms with Gasteiger partial charge in [0.25, 0.3) is 5.56 Å². The normalized spacial score (nSPS) is 12.2. The highest BCUT2D eigenvalue weighted by Gasteiger charge is 2.15. The van der Waals surface area contributed by atoms with E-state index in [0.717, 1.165) is 10.3 Å². The lowest BCUT2D eigenvalue weighted by Gasteiger charge is -2.27. The Morgan fingerprint density at radius 3 is 2.54 bits per heavy atom. The van der Waals surface area contributed by atoms with E-state index in [1.807, 2.05) is 54.1 Å². The molecular weight excluding hydrogens is 360 g/mol. The first-order chi connectivity index (χ1) is 13.3. The van der Waals surface area contributed by atoms with Crippen LogP contribution in [0.4, 0.5) is 5.82 Å². The molecule has 0 aliphatic heterocycles. The van der Waals surface area contributed by atoms with Crippen LogP contribution in [-0.4, -0.2) is 65.5 Å². The average molecular weight is 390 g/mol. The van der Waals surface area contributed by atoms with E-state index in [0.29, 0.717) is 37.6 Å². The van der Waals surface area contributed by atoms with Crippen LogP contribution >= 0.6 is 0 Å². The van der Waals surface area contributed by atoms with Gasteiger partial charge in [0.1, 0.15) is 24.3 Å². The van der Waals surface area contributed by atoms with E-state index in [4.69, 9.17) is 4.74 Å². The third-order valence-corrected chi connectivity index (χ3v) is 4.67. The number of hydrogen-bond acceptors (Lipinski definition) is 6. The summed E-state index contributed by atoms with van der Waals surface area (Å²) in [6, 6.07) is 9.38. The van der Waals surface area contributed by atoms with Crippen molar-refractivity contribution < 1.29 is 9.84 Å². The molecule has 28 heavy (non-hydrogen) atoms. The van der Waals surface area contributed by atoms with E-state index in [1.165, 1.54) is 7.05 Å². The van der Waals surface area contributed by atoms with Crippen LogP contribution in [0.5, 0.6) is 5.75 Å². The number of aliphatic hydroxyl groups is 1. The Morgan fingerprint density at radius 1 is 1.21 bits per heavy atom. The zero-order valence-electron chi connectivity index (χ0n) is 17.0. The van der Waals surface area contributed by atoms with Gasteiger partial charge >= 0.3 is 5.69 Å². The van der Waals surface area contributed by atoms with Crippen LogP contribution < -0.4 is 20.9 Å². The molecule has 1 aromatic heterocycles. The zero-order valence-corrected chi connectivity index (χ0v) is 17.0. The number of H-pyrrole nitrogens is 1. The molecule has 0 bridgehead atoms. The molecule has 154 valence electrons. The van der Waals surface area contributed by atoms with Crippen molar-refractivity contribution >= 4 is 5.82 Å². The smallest absolute Gasteiger partial charge is 0.329 e. The fourth-order valence-electron chi connectivity index (χ4n) is 2.97. The lowest BCUT2D eigenvalue weighted by Crippen LogP contribution is -2.41. The molecule has 2 rings (SSSR count). The molecule has 0 spiro atoms. The second-order valence-electron chi connectivity index (χ2n) is 6.89. The summed E-state index contributed by atoms with van der Waals surface area (Å²) in [7, 11) is 3.38. The molecule has 2 N–H and O–H groups in total. The van der Waals surface area contributed by atoms with Gasteiger partial charge < -0.3 is 19.6 Å². The molecule has 2 aromatic rings.